The van der Waals surface area contributed by atoms with Gasteiger partial charge in [-0.05, 0) is 37.3 Å². The standard InChI is InChI=1S/C16H24N2O3S/c1-12-5-4-6-18(11-12)22(19,20)16-10-15-14(9-13(16)2)17(3)7-8-21-15/h9-10,12H,4-8,11H2,1-3H3. The summed E-state index contributed by atoms with van der Waals surface area (Å²) in [6.07, 6.45) is 2.03. The maximum atomic E-state index is 13.0. The molecule has 1 saturated heterocycles. The predicted molar refractivity (Wildman–Crippen MR) is 87.1 cm³/mol. The van der Waals surface area contributed by atoms with Crippen molar-refractivity contribution >= 4 is 15.7 Å². The molecule has 2 heterocycles. The SMILES string of the molecule is Cc1cc2c(cc1S(=O)(=O)N1CCCC(C)C1)OCCN2C. The van der Waals surface area contributed by atoms with Crippen molar-refractivity contribution in [1.82, 2.24) is 4.31 Å². The number of benzene rings is 1. The van der Waals surface area contributed by atoms with E-state index in [1.54, 1.807) is 10.4 Å². The molecule has 2 aliphatic heterocycles. The molecule has 1 fully saturated rings. The molecule has 3 rings (SSSR count). The molecule has 0 spiro atoms. The lowest BCUT2D eigenvalue weighted by molar-refractivity contribution is 0.280. The van der Waals surface area contributed by atoms with Gasteiger partial charge in [0.2, 0.25) is 10.0 Å². The number of anilines is 1. The summed E-state index contributed by atoms with van der Waals surface area (Å²) in [6, 6.07) is 3.63. The fourth-order valence-corrected chi connectivity index (χ4v) is 5.08. The maximum absolute atomic E-state index is 13.0. The molecule has 22 heavy (non-hydrogen) atoms. The van der Waals surface area contributed by atoms with Crippen molar-refractivity contribution in [2.45, 2.75) is 31.6 Å². The minimum absolute atomic E-state index is 0.385. The number of hydrogen-bond donors (Lipinski definition) is 0. The monoisotopic (exact) mass is 324 g/mol. The van der Waals surface area contributed by atoms with E-state index in [0.29, 0.717) is 36.3 Å². The van der Waals surface area contributed by atoms with Gasteiger partial charge in [-0.25, -0.2) is 8.42 Å². The first kappa shape index (κ1) is 15.6. The Hall–Kier alpha value is -1.27. The van der Waals surface area contributed by atoms with Crippen LogP contribution in [0.1, 0.15) is 25.3 Å². The summed E-state index contributed by atoms with van der Waals surface area (Å²) in [5.41, 5.74) is 1.75. The molecule has 1 unspecified atom stereocenters. The molecule has 0 bridgehead atoms. The Morgan fingerprint density at radius 2 is 2.05 bits per heavy atom. The predicted octanol–water partition coefficient (Wildman–Crippen LogP) is 2.24. The van der Waals surface area contributed by atoms with Gasteiger partial charge in [-0.1, -0.05) is 6.92 Å². The zero-order chi connectivity index (χ0) is 15.9. The van der Waals surface area contributed by atoms with Crippen LogP contribution >= 0.6 is 0 Å². The van der Waals surface area contributed by atoms with Gasteiger partial charge in [0.15, 0.2) is 0 Å². The Labute approximate surface area is 132 Å². The van der Waals surface area contributed by atoms with Gasteiger partial charge in [-0.3, -0.25) is 0 Å². The normalized spacial score (nSPS) is 23.0. The highest BCUT2D eigenvalue weighted by Crippen LogP contribution is 2.36. The molecular weight excluding hydrogens is 300 g/mol. The summed E-state index contributed by atoms with van der Waals surface area (Å²) < 4.78 is 33.3. The summed E-state index contributed by atoms with van der Waals surface area (Å²) in [6.45, 7) is 6.61. The Bertz CT molecular complexity index is 672. The van der Waals surface area contributed by atoms with Crippen molar-refractivity contribution in [3.05, 3.63) is 17.7 Å². The van der Waals surface area contributed by atoms with Gasteiger partial charge in [0.1, 0.15) is 12.4 Å². The van der Waals surface area contributed by atoms with Gasteiger partial charge in [-0.2, -0.15) is 4.31 Å². The van der Waals surface area contributed by atoms with Crippen molar-refractivity contribution < 1.29 is 13.2 Å². The highest BCUT2D eigenvalue weighted by atomic mass is 32.2. The topological polar surface area (TPSA) is 49.9 Å². The van der Waals surface area contributed by atoms with Gasteiger partial charge in [0.05, 0.1) is 17.1 Å². The van der Waals surface area contributed by atoms with Crippen LogP contribution in [-0.2, 0) is 10.0 Å². The van der Waals surface area contributed by atoms with Crippen LogP contribution in [0.4, 0.5) is 5.69 Å². The first-order valence-electron chi connectivity index (χ1n) is 7.88. The zero-order valence-corrected chi connectivity index (χ0v) is 14.3. The molecule has 6 heteroatoms. The first-order chi connectivity index (χ1) is 10.4. The summed E-state index contributed by atoms with van der Waals surface area (Å²) >= 11 is 0. The van der Waals surface area contributed by atoms with Gasteiger partial charge >= 0.3 is 0 Å². The molecule has 5 nitrogen and oxygen atoms in total. The van der Waals surface area contributed by atoms with Crippen LogP contribution in [0.2, 0.25) is 0 Å². The van der Waals surface area contributed by atoms with E-state index < -0.39 is 10.0 Å². The second kappa shape index (κ2) is 5.74. The number of ether oxygens (including phenoxy) is 1. The van der Waals surface area contributed by atoms with Crippen molar-refractivity contribution in [3.8, 4) is 5.75 Å². The average Bonchev–Trinajstić information content (AvgIpc) is 2.47. The fraction of sp³-hybridized carbons (Fsp3) is 0.625. The smallest absolute Gasteiger partial charge is 0.243 e. The largest absolute Gasteiger partial charge is 0.490 e. The third kappa shape index (κ3) is 2.70. The van der Waals surface area contributed by atoms with E-state index in [1.807, 2.05) is 20.0 Å². The summed E-state index contributed by atoms with van der Waals surface area (Å²) in [7, 11) is -1.44. The number of rotatable bonds is 2. The van der Waals surface area contributed by atoms with E-state index in [2.05, 4.69) is 11.8 Å². The Kier molecular flexibility index (Phi) is 4.07. The van der Waals surface area contributed by atoms with Crippen LogP contribution in [0.5, 0.6) is 5.75 Å². The van der Waals surface area contributed by atoms with Crippen molar-refractivity contribution in [1.29, 1.82) is 0 Å². The lowest BCUT2D eigenvalue weighted by Gasteiger charge is -2.32. The van der Waals surface area contributed by atoms with E-state index in [0.717, 1.165) is 30.6 Å². The molecule has 1 aromatic carbocycles. The third-order valence-electron chi connectivity index (χ3n) is 4.59. The Morgan fingerprint density at radius 3 is 2.77 bits per heavy atom. The summed E-state index contributed by atoms with van der Waals surface area (Å²) in [5, 5.41) is 0. The molecule has 0 aliphatic carbocycles. The summed E-state index contributed by atoms with van der Waals surface area (Å²) in [5.74, 6) is 1.09. The van der Waals surface area contributed by atoms with Crippen LogP contribution in [0.25, 0.3) is 0 Å². The van der Waals surface area contributed by atoms with E-state index in [9.17, 15) is 8.42 Å². The third-order valence-corrected chi connectivity index (χ3v) is 6.60. The van der Waals surface area contributed by atoms with E-state index in [-0.39, 0.29) is 0 Å². The van der Waals surface area contributed by atoms with Gasteiger partial charge in [0.25, 0.3) is 0 Å². The first-order valence-corrected chi connectivity index (χ1v) is 9.32. The van der Waals surface area contributed by atoms with E-state index in [1.165, 1.54) is 0 Å². The molecule has 1 atom stereocenters. The fourth-order valence-electron chi connectivity index (χ4n) is 3.26. The highest BCUT2D eigenvalue weighted by molar-refractivity contribution is 7.89. The molecule has 0 saturated carbocycles. The number of hydrogen-bond acceptors (Lipinski definition) is 4. The molecule has 122 valence electrons. The summed E-state index contributed by atoms with van der Waals surface area (Å²) in [4.78, 5) is 2.49. The Balaban J connectivity index is 2.00. The van der Waals surface area contributed by atoms with Crippen molar-refractivity contribution in [2.24, 2.45) is 5.92 Å². The minimum Gasteiger partial charge on any atom is -0.490 e. The second-order valence-electron chi connectivity index (χ2n) is 6.47. The molecule has 2 aliphatic rings. The highest BCUT2D eigenvalue weighted by Gasteiger charge is 2.31. The number of fused-ring (bicyclic) bond motifs is 1. The minimum atomic E-state index is -3.44. The lowest BCUT2D eigenvalue weighted by atomic mass is 10.0. The van der Waals surface area contributed by atoms with Gasteiger partial charge in [0, 0.05) is 26.2 Å². The molecule has 0 radical (unpaired) electrons. The van der Waals surface area contributed by atoms with Gasteiger partial charge in [-0.15, -0.1) is 0 Å². The average molecular weight is 324 g/mol. The second-order valence-corrected chi connectivity index (χ2v) is 8.37. The number of nitrogens with zero attached hydrogens (tertiary/aromatic N) is 2. The molecule has 0 amide bonds. The van der Waals surface area contributed by atoms with Crippen molar-refractivity contribution in [3.63, 3.8) is 0 Å². The molecular formula is C16H24N2O3S. The number of piperidine rings is 1. The Morgan fingerprint density at radius 1 is 1.27 bits per heavy atom. The van der Waals surface area contributed by atoms with Crippen LogP contribution in [0.3, 0.4) is 0 Å². The quantitative estimate of drug-likeness (QED) is 0.837. The van der Waals surface area contributed by atoms with Gasteiger partial charge < -0.3 is 9.64 Å². The van der Waals surface area contributed by atoms with E-state index >= 15 is 0 Å². The van der Waals surface area contributed by atoms with Crippen LogP contribution in [-0.4, -0.2) is 46.0 Å². The number of aryl methyl sites for hydroxylation is 1. The molecule has 0 N–H and O–H groups in total. The number of sulfonamides is 1. The molecule has 0 aromatic heterocycles. The number of likely N-dealkylation sites (N-methyl/N-ethyl adjacent to an activating group) is 1. The van der Waals surface area contributed by atoms with Crippen LogP contribution in [0, 0.1) is 12.8 Å². The van der Waals surface area contributed by atoms with Crippen molar-refractivity contribution in [2.75, 3.05) is 38.2 Å². The van der Waals surface area contributed by atoms with Crippen LogP contribution in [0.15, 0.2) is 17.0 Å². The van der Waals surface area contributed by atoms with Crippen LogP contribution < -0.4 is 9.64 Å². The van der Waals surface area contributed by atoms with E-state index in [4.69, 9.17) is 4.74 Å². The zero-order valence-electron chi connectivity index (χ0n) is 13.5. The molecule has 1 aromatic rings. The maximum Gasteiger partial charge on any atom is 0.243 e. The lowest BCUT2D eigenvalue weighted by Crippen LogP contribution is -2.39.